The largest absolute Gasteiger partial charge is 0.508 e. The Morgan fingerprint density at radius 2 is 1.15 bits per heavy atom. The number of amides is 3. The molecule has 0 radical (unpaired) electrons. The maximum atomic E-state index is 13.3. The summed E-state index contributed by atoms with van der Waals surface area (Å²) in [5.74, 6) is -3.93. The Hall–Kier alpha value is -4.16. The quantitative estimate of drug-likeness (QED) is 0.167. The molecular formula is C27H36N4O8. The van der Waals surface area contributed by atoms with E-state index in [9.17, 15) is 39.6 Å². The summed E-state index contributed by atoms with van der Waals surface area (Å²) < 4.78 is 0. The molecule has 212 valence electrons. The number of aliphatic hydroxyl groups excluding tert-OH is 1. The van der Waals surface area contributed by atoms with Crippen molar-refractivity contribution in [3.05, 3.63) is 59.7 Å². The molecule has 2 aromatic carbocycles. The highest BCUT2D eigenvalue weighted by Gasteiger charge is 2.33. The second-order valence-electron chi connectivity index (χ2n) is 9.70. The highest BCUT2D eigenvalue weighted by molar-refractivity contribution is 5.94. The lowest BCUT2D eigenvalue weighted by Crippen LogP contribution is -2.60. The molecule has 12 heteroatoms. The van der Waals surface area contributed by atoms with E-state index in [1.165, 1.54) is 55.5 Å². The molecule has 3 amide bonds. The smallest absolute Gasteiger partial charge is 0.326 e. The van der Waals surface area contributed by atoms with Gasteiger partial charge < -0.3 is 42.1 Å². The number of aromatic hydroxyl groups is 2. The third kappa shape index (κ3) is 9.58. The molecule has 2 rings (SSSR count). The van der Waals surface area contributed by atoms with Crippen LogP contribution in [0.3, 0.4) is 0 Å². The molecule has 0 heterocycles. The number of carboxylic acids is 1. The summed E-state index contributed by atoms with van der Waals surface area (Å²) in [6, 6.07) is 6.61. The van der Waals surface area contributed by atoms with Crippen molar-refractivity contribution < 1.29 is 39.6 Å². The first-order valence-corrected chi connectivity index (χ1v) is 12.4. The monoisotopic (exact) mass is 544 g/mol. The van der Waals surface area contributed by atoms with Crippen LogP contribution < -0.4 is 21.7 Å². The average molecular weight is 545 g/mol. The standard InChI is InChI=1S/C27H36N4O8/c1-14(2)22(28)25(36)31-23(15(3)32)26(37)29-20(12-16-4-8-18(33)9-5-16)24(35)30-21(27(38)39)13-17-6-10-19(34)11-7-17/h4-11,14-15,20-23,32-34H,12-13,28H2,1-3H3,(H,29,37)(H,30,35)(H,31,36)(H,38,39). The average Bonchev–Trinajstić information content (AvgIpc) is 2.87. The fourth-order valence-electron chi connectivity index (χ4n) is 3.64. The van der Waals surface area contributed by atoms with Gasteiger partial charge in [-0.25, -0.2) is 4.79 Å². The summed E-state index contributed by atoms with van der Waals surface area (Å²) in [5.41, 5.74) is 6.93. The predicted octanol–water partition coefficient (Wildman–Crippen LogP) is -0.214. The summed E-state index contributed by atoms with van der Waals surface area (Å²) in [4.78, 5) is 50.8. The normalized spacial score (nSPS) is 14.9. The van der Waals surface area contributed by atoms with Crippen LogP contribution in [0, 0.1) is 5.92 Å². The molecule has 0 bridgehead atoms. The van der Waals surface area contributed by atoms with Gasteiger partial charge in [-0.3, -0.25) is 14.4 Å². The second kappa shape index (κ2) is 14.1. The number of aliphatic carboxylic acids is 1. The number of rotatable bonds is 13. The van der Waals surface area contributed by atoms with E-state index in [0.717, 1.165) is 0 Å². The number of hydrogen-bond donors (Lipinski definition) is 8. The summed E-state index contributed by atoms with van der Waals surface area (Å²) in [6.45, 7) is 4.73. The van der Waals surface area contributed by atoms with Crippen LogP contribution >= 0.6 is 0 Å². The molecule has 0 aliphatic rings. The Kier molecular flexibility index (Phi) is 11.2. The van der Waals surface area contributed by atoms with E-state index in [1.54, 1.807) is 13.8 Å². The number of nitrogens with two attached hydrogens (primary N) is 1. The molecule has 0 aromatic heterocycles. The Morgan fingerprint density at radius 3 is 1.56 bits per heavy atom. The Morgan fingerprint density at radius 1 is 0.718 bits per heavy atom. The number of carboxylic acid groups (broad SMARTS) is 1. The lowest BCUT2D eigenvalue weighted by molar-refractivity contribution is -0.142. The van der Waals surface area contributed by atoms with E-state index >= 15 is 0 Å². The van der Waals surface area contributed by atoms with E-state index in [1.807, 2.05) is 0 Å². The van der Waals surface area contributed by atoms with Gasteiger partial charge in [0, 0.05) is 12.8 Å². The number of hydrogen-bond acceptors (Lipinski definition) is 8. The summed E-state index contributed by atoms with van der Waals surface area (Å²) in [7, 11) is 0. The molecule has 0 aliphatic carbocycles. The number of nitrogens with one attached hydrogen (secondary N) is 3. The van der Waals surface area contributed by atoms with Gasteiger partial charge in [-0.05, 0) is 48.2 Å². The highest BCUT2D eigenvalue weighted by Crippen LogP contribution is 2.14. The van der Waals surface area contributed by atoms with Crippen molar-refractivity contribution in [3.63, 3.8) is 0 Å². The highest BCUT2D eigenvalue weighted by atomic mass is 16.4. The molecule has 5 atom stereocenters. The minimum absolute atomic E-state index is 0.000409. The summed E-state index contributed by atoms with van der Waals surface area (Å²) >= 11 is 0. The first kappa shape index (κ1) is 31.1. The number of benzene rings is 2. The first-order chi connectivity index (χ1) is 18.3. The molecule has 0 aliphatic heterocycles. The van der Waals surface area contributed by atoms with Gasteiger partial charge in [0.25, 0.3) is 0 Å². The van der Waals surface area contributed by atoms with E-state index in [4.69, 9.17) is 5.73 Å². The van der Waals surface area contributed by atoms with Crippen LogP contribution in [0.5, 0.6) is 11.5 Å². The third-order valence-electron chi connectivity index (χ3n) is 6.08. The van der Waals surface area contributed by atoms with E-state index in [2.05, 4.69) is 16.0 Å². The Labute approximate surface area is 226 Å². The van der Waals surface area contributed by atoms with Crippen LogP contribution in [0.25, 0.3) is 0 Å². The van der Waals surface area contributed by atoms with E-state index in [-0.39, 0.29) is 30.3 Å². The van der Waals surface area contributed by atoms with Gasteiger partial charge in [-0.1, -0.05) is 38.1 Å². The lowest BCUT2D eigenvalue weighted by atomic mass is 10.0. The van der Waals surface area contributed by atoms with E-state index < -0.39 is 54.0 Å². The molecule has 39 heavy (non-hydrogen) atoms. The van der Waals surface area contributed by atoms with Crippen molar-refractivity contribution in [1.82, 2.24) is 16.0 Å². The Bertz CT molecular complexity index is 1140. The van der Waals surface area contributed by atoms with Crippen molar-refractivity contribution in [2.24, 2.45) is 11.7 Å². The van der Waals surface area contributed by atoms with Gasteiger partial charge in [-0.15, -0.1) is 0 Å². The topological polar surface area (TPSA) is 211 Å². The molecular weight excluding hydrogens is 508 g/mol. The van der Waals surface area contributed by atoms with Gasteiger partial charge in [0.2, 0.25) is 17.7 Å². The third-order valence-corrected chi connectivity index (χ3v) is 6.08. The fraction of sp³-hybridized carbons (Fsp3) is 0.407. The van der Waals surface area contributed by atoms with Crippen LogP contribution in [0.2, 0.25) is 0 Å². The summed E-state index contributed by atoms with van der Waals surface area (Å²) in [5, 5.41) is 46.3. The van der Waals surface area contributed by atoms with Crippen LogP contribution in [0.4, 0.5) is 0 Å². The predicted molar refractivity (Wildman–Crippen MR) is 142 cm³/mol. The minimum atomic E-state index is -1.44. The van der Waals surface area contributed by atoms with Crippen LogP contribution in [-0.2, 0) is 32.0 Å². The number of carbonyl (C=O) groups excluding carboxylic acids is 3. The van der Waals surface area contributed by atoms with Gasteiger partial charge in [0.05, 0.1) is 12.1 Å². The van der Waals surface area contributed by atoms with Gasteiger partial charge >= 0.3 is 5.97 Å². The molecule has 0 saturated carbocycles. The number of carbonyl (C=O) groups is 4. The SMILES string of the molecule is CC(C)C(N)C(=O)NC(C(=O)NC(Cc1ccc(O)cc1)C(=O)NC(Cc1ccc(O)cc1)C(=O)O)C(C)O. The second-order valence-corrected chi connectivity index (χ2v) is 9.70. The van der Waals surface area contributed by atoms with Crippen molar-refractivity contribution in [1.29, 1.82) is 0 Å². The van der Waals surface area contributed by atoms with E-state index in [0.29, 0.717) is 11.1 Å². The van der Waals surface area contributed by atoms with Gasteiger partial charge in [0.1, 0.15) is 29.6 Å². The van der Waals surface area contributed by atoms with Crippen molar-refractivity contribution in [3.8, 4) is 11.5 Å². The number of phenolic OH excluding ortho intramolecular Hbond substituents is 2. The molecule has 12 nitrogen and oxygen atoms in total. The van der Waals surface area contributed by atoms with Crippen molar-refractivity contribution >= 4 is 23.7 Å². The fourth-order valence-corrected chi connectivity index (χ4v) is 3.64. The molecule has 0 fully saturated rings. The maximum Gasteiger partial charge on any atom is 0.326 e. The first-order valence-electron chi connectivity index (χ1n) is 12.4. The van der Waals surface area contributed by atoms with Crippen LogP contribution in [0.1, 0.15) is 31.9 Å². The number of aliphatic hydroxyl groups is 1. The lowest BCUT2D eigenvalue weighted by Gasteiger charge is -2.27. The van der Waals surface area contributed by atoms with Gasteiger partial charge in [0.15, 0.2) is 0 Å². The number of phenols is 2. The minimum Gasteiger partial charge on any atom is -0.508 e. The molecule has 0 saturated heterocycles. The van der Waals surface area contributed by atoms with Crippen molar-refractivity contribution in [2.75, 3.05) is 0 Å². The van der Waals surface area contributed by atoms with Crippen LogP contribution in [-0.4, -0.2) is 74.4 Å². The maximum absolute atomic E-state index is 13.3. The molecule has 5 unspecified atom stereocenters. The molecule has 0 spiro atoms. The zero-order valence-corrected chi connectivity index (χ0v) is 22.0. The zero-order chi connectivity index (χ0) is 29.3. The van der Waals surface area contributed by atoms with Gasteiger partial charge in [-0.2, -0.15) is 0 Å². The van der Waals surface area contributed by atoms with Crippen LogP contribution in [0.15, 0.2) is 48.5 Å². The zero-order valence-electron chi connectivity index (χ0n) is 22.0. The summed E-state index contributed by atoms with van der Waals surface area (Å²) in [6.07, 6.45) is -1.53. The Balaban J connectivity index is 2.27. The molecule has 9 N–H and O–H groups in total. The molecule has 2 aromatic rings. The van der Waals surface area contributed by atoms with Crippen molar-refractivity contribution in [2.45, 2.75) is 63.9 Å².